The van der Waals surface area contributed by atoms with Gasteiger partial charge >= 0.3 is 0 Å². The summed E-state index contributed by atoms with van der Waals surface area (Å²) < 4.78 is 0. The molecule has 5 heteroatoms. The lowest BCUT2D eigenvalue weighted by atomic mass is 10.3. The average molecular weight is 214 g/mol. The second kappa shape index (κ2) is 3.36. The van der Waals surface area contributed by atoms with E-state index in [1.165, 1.54) is 6.20 Å². The molecule has 2 aromatic rings. The maximum absolute atomic E-state index is 5.91. The predicted octanol–water partition coefficient (Wildman–Crippen LogP) is 2.78. The number of aromatic amines is 1. The lowest BCUT2D eigenvalue weighted by Crippen LogP contribution is -1.86. The zero-order valence-electron chi connectivity index (χ0n) is 6.46. The van der Waals surface area contributed by atoms with Crippen LogP contribution in [0.4, 0.5) is 0 Å². The fraction of sp³-hybridized carbons (Fsp3) is 0. The van der Waals surface area contributed by atoms with Gasteiger partial charge in [0.25, 0.3) is 0 Å². The highest BCUT2D eigenvalue weighted by atomic mass is 35.5. The van der Waals surface area contributed by atoms with Gasteiger partial charge in [-0.05, 0) is 6.07 Å². The number of rotatable bonds is 1. The van der Waals surface area contributed by atoms with Gasteiger partial charge in [-0.2, -0.15) is 0 Å². The quantitative estimate of drug-likeness (QED) is 0.792. The van der Waals surface area contributed by atoms with Gasteiger partial charge in [-0.1, -0.05) is 23.2 Å². The molecule has 2 aromatic heterocycles. The SMILES string of the molecule is Clc1cnc(-c2ncc[nH]2)c(Cl)c1. The molecule has 1 N–H and O–H groups in total. The second-order valence-corrected chi connectivity index (χ2v) is 3.27. The summed E-state index contributed by atoms with van der Waals surface area (Å²) in [6.45, 7) is 0. The number of H-pyrrole nitrogens is 1. The molecule has 0 saturated carbocycles. The largest absolute Gasteiger partial charge is 0.343 e. The highest BCUT2D eigenvalue weighted by Gasteiger charge is 2.06. The molecule has 0 aromatic carbocycles. The van der Waals surface area contributed by atoms with E-state index in [1.54, 1.807) is 18.5 Å². The molecule has 13 heavy (non-hydrogen) atoms. The molecular weight excluding hydrogens is 209 g/mol. The fourth-order valence-electron chi connectivity index (χ4n) is 0.984. The minimum atomic E-state index is 0.488. The van der Waals surface area contributed by atoms with Gasteiger partial charge < -0.3 is 4.98 Å². The van der Waals surface area contributed by atoms with Crippen LogP contribution < -0.4 is 0 Å². The first-order valence-electron chi connectivity index (χ1n) is 3.58. The summed E-state index contributed by atoms with van der Waals surface area (Å²) in [7, 11) is 0. The second-order valence-electron chi connectivity index (χ2n) is 2.42. The van der Waals surface area contributed by atoms with Crippen LogP contribution in [0.25, 0.3) is 11.5 Å². The van der Waals surface area contributed by atoms with Crippen LogP contribution in [0, 0.1) is 0 Å². The van der Waals surface area contributed by atoms with Crippen molar-refractivity contribution in [3.05, 3.63) is 34.7 Å². The third-order valence-corrected chi connectivity index (χ3v) is 2.03. The van der Waals surface area contributed by atoms with E-state index in [9.17, 15) is 0 Å². The van der Waals surface area contributed by atoms with Crippen molar-refractivity contribution in [3.63, 3.8) is 0 Å². The van der Waals surface area contributed by atoms with Crippen LogP contribution in [-0.4, -0.2) is 15.0 Å². The fourth-order valence-corrected chi connectivity index (χ4v) is 1.45. The van der Waals surface area contributed by atoms with E-state index in [1.807, 2.05) is 0 Å². The summed E-state index contributed by atoms with van der Waals surface area (Å²) in [5.41, 5.74) is 0.607. The van der Waals surface area contributed by atoms with Gasteiger partial charge in [0.1, 0.15) is 5.69 Å². The molecule has 66 valence electrons. The number of hydrogen-bond acceptors (Lipinski definition) is 2. The van der Waals surface area contributed by atoms with Crippen molar-refractivity contribution in [1.82, 2.24) is 15.0 Å². The Hall–Kier alpha value is -1.06. The standard InChI is InChI=1S/C8H5Cl2N3/c9-5-3-6(10)7(13-4-5)8-11-1-2-12-8/h1-4H,(H,11,12). The molecule has 0 aliphatic heterocycles. The Bertz CT molecular complexity index is 411. The summed E-state index contributed by atoms with van der Waals surface area (Å²) in [4.78, 5) is 11.0. The first-order chi connectivity index (χ1) is 6.27. The smallest absolute Gasteiger partial charge is 0.157 e. The molecule has 0 atom stereocenters. The van der Waals surface area contributed by atoms with E-state index in [-0.39, 0.29) is 0 Å². The molecule has 0 radical (unpaired) electrons. The van der Waals surface area contributed by atoms with Crippen molar-refractivity contribution < 1.29 is 0 Å². The minimum Gasteiger partial charge on any atom is -0.343 e. The summed E-state index contributed by atoms with van der Waals surface area (Å²) in [5.74, 6) is 0.640. The van der Waals surface area contributed by atoms with Gasteiger partial charge in [-0.15, -0.1) is 0 Å². The molecule has 0 unspecified atom stereocenters. The van der Waals surface area contributed by atoms with Crippen LogP contribution >= 0.6 is 23.2 Å². The molecule has 0 aliphatic rings. The summed E-state index contributed by atoms with van der Waals surface area (Å²) in [5, 5.41) is 1.00. The Kier molecular flexibility index (Phi) is 2.20. The molecular formula is C8H5Cl2N3. The van der Waals surface area contributed by atoms with E-state index in [0.717, 1.165) is 0 Å². The molecule has 2 heterocycles. The Balaban J connectivity index is 2.53. The maximum Gasteiger partial charge on any atom is 0.157 e. The third kappa shape index (κ3) is 1.66. The van der Waals surface area contributed by atoms with Gasteiger partial charge in [0, 0.05) is 18.6 Å². The van der Waals surface area contributed by atoms with Crippen molar-refractivity contribution in [2.75, 3.05) is 0 Å². The minimum absolute atomic E-state index is 0.488. The average Bonchev–Trinajstić information content (AvgIpc) is 2.56. The Labute approximate surface area is 84.7 Å². The third-order valence-electron chi connectivity index (χ3n) is 1.53. The molecule has 0 amide bonds. The zero-order valence-corrected chi connectivity index (χ0v) is 7.97. The lowest BCUT2D eigenvalue weighted by molar-refractivity contribution is 1.22. The number of nitrogens with zero attached hydrogens (tertiary/aromatic N) is 2. The summed E-state index contributed by atoms with van der Waals surface area (Å²) >= 11 is 11.6. The highest BCUT2D eigenvalue weighted by Crippen LogP contribution is 2.24. The van der Waals surface area contributed by atoms with E-state index >= 15 is 0 Å². The molecule has 0 fully saturated rings. The van der Waals surface area contributed by atoms with Crippen LogP contribution in [0.2, 0.25) is 10.0 Å². The van der Waals surface area contributed by atoms with Crippen molar-refractivity contribution in [1.29, 1.82) is 0 Å². The number of pyridine rings is 1. The zero-order chi connectivity index (χ0) is 9.26. The van der Waals surface area contributed by atoms with Gasteiger partial charge in [-0.3, -0.25) is 0 Å². The first kappa shape index (κ1) is 8.53. The maximum atomic E-state index is 5.91. The van der Waals surface area contributed by atoms with Gasteiger partial charge in [-0.25, -0.2) is 9.97 Å². The highest BCUT2D eigenvalue weighted by molar-refractivity contribution is 6.35. The number of halogens is 2. The molecule has 0 spiro atoms. The molecule has 0 saturated heterocycles. The number of imidazole rings is 1. The first-order valence-corrected chi connectivity index (χ1v) is 4.34. The number of aromatic nitrogens is 3. The van der Waals surface area contributed by atoms with E-state index < -0.39 is 0 Å². The topological polar surface area (TPSA) is 41.6 Å². The Morgan fingerprint density at radius 3 is 2.69 bits per heavy atom. The van der Waals surface area contributed by atoms with Gasteiger partial charge in [0.2, 0.25) is 0 Å². The van der Waals surface area contributed by atoms with Crippen molar-refractivity contribution in [2.24, 2.45) is 0 Å². The van der Waals surface area contributed by atoms with Crippen molar-refractivity contribution >= 4 is 23.2 Å². The lowest BCUT2D eigenvalue weighted by Gasteiger charge is -1.98. The van der Waals surface area contributed by atoms with Crippen LogP contribution in [0.3, 0.4) is 0 Å². The van der Waals surface area contributed by atoms with Crippen LogP contribution in [0.15, 0.2) is 24.7 Å². The molecule has 3 nitrogen and oxygen atoms in total. The van der Waals surface area contributed by atoms with Gasteiger partial charge in [0.05, 0.1) is 10.0 Å². The predicted molar refractivity (Wildman–Crippen MR) is 51.8 cm³/mol. The van der Waals surface area contributed by atoms with Crippen molar-refractivity contribution in [3.8, 4) is 11.5 Å². The number of hydrogen-bond donors (Lipinski definition) is 1. The van der Waals surface area contributed by atoms with E-state index in [2.05, 4.69) is 15.0 Å². The number of nitrogens with one attached hydrogen (secondary N) is 1. The molecule has 0 aliphatic carbocycles. The monoisotopic (exact) mass is 213 g/mol. The summed E-state index contributed by atoms with van der Waals surface area (Å²) in [6.07, 6.45) is 4.88. The van der Waals surface area contributed by atoms with E-state index in [0.29, 0.717) is 21.6 Å². The van der Waals surface area contributed by atoms with Gasteiger partial charge in [0.15, 0.2) is 5.82 Å². The molecule has 0 bridgehead atoms. The van der Waals surface area contributed by atoms with E-state index in [4.69, 9.17) is 23.2 Å². The Morgan fingerprint density at radius 1 is 1.23 bits per heavy atom. The molecule has 2 rings (SSSR count). The normalized spacial score (nSPS) is 10.3. The van der Waals surface area contributed by atoms with Crippen molar-refractivity contribution in [2.45, 2.75) is 0 Å². The van der Waals surface area contributed by atoms with Crippen LogP contribution in [0.5, 0.6) is 0 Å². The van der Waals surface area contributed by atoms with Crippen LogP contribution in [0.1, 0.15) is 0 Å². The Morgan fingerprint density at radius 2 is 2.08 bits per heavy atom. The summed E-state index contributed by atoms with van der Waals surface area (Å²) in [6, 6.07) is 1.63. The van der Waals surface area contributed by atoms with Crippen LogP contribution in [-0.2, 0) is 0 Å².